The summed E-state index contributed by atoms with van der Waals surface area (Å²) in [6.07, 6.45) is 1.76. The molecule has 0 radical (unpaired) electrons. The zero-order chi connectivity index (χ0) is 15.2. The monoisotopic (exact) mass is 299 g/mol. The minimum atomic E-state index is -0.869. The van der Waals surface area contributed by atoms with Crippen molar-refractivity contribution in [3.63, 3.8) is 0 Å². The Bertz CT molecular complexity index is 407. The third-order valence-electron chi connectivity index (χ3n) is 3.70. The number of carbonyl (C=O) groups is 3. The van der Waals surface area contributed by atoms with Crippen molar-refractivity contribution in [2.24, 2.45) is 0 Å². The molecule has 0 aliphatic carbocycles. The molecule has 118 valence electrons. The SMILES string of the molecule is O=C(O)CCOC1CCN(C(=O)NC2CNC(=O)C2)CC1. The van der Waals surface area contributed by atoms with Gasteiger partial charge >= 0.3 is 12.0 Å². The molecule has 0 bridgehead atoms. The van der Waals surface area contributed by atoms with E-state index in [4.69, 9.17) is 9.84 Å². The molecule has 2 saturated heterocycles. The van der Waals surface area contributed by atoms with Crippen LogP contribution in [-0.4, -0.2) is 66.3 Å². The number of piperidine rings is 1. The van der Waals surface area contributed by atoms with Crippen LogP contribution >= 0.6 is 0 Å². The fourth-order valence-electron chi connectivity index (χ4n) is 2.51. The lowest BCUT2D eigenvalue weighted by Gasteiger charge is -2.32. The van der Waals surface area contributed by atoms with Gasteiger partial charge in [0.15, 0.2) is 0 Å². The molecule has 21 heavy (non-hydrogen) atoms. The molecule has 1 atom stereocenters. The number of ether oxygens (including phenoxy) is 1. The van der Waals surface area contributed by atoms with Gasteiger partial charge in [0.2, 0.25) is 5.91 Å². The molecular weight excluding hydrogens is 278 g/mol. The van der Waals surface area contributed by atoms with E-state index in [1.54, 1.807) is 4.90 Å². The molecule has 3 N–H and O–H groups in total. The summed E-state index contributed by atoms with van der Waals surface area (Å²) < 4.78 is 5.48. The van der Waals surface area contributed by atoms with Crippen molar-refractivity contribution in [2.45, 2.75) is 37.8 Å². The van der Waals surface area contributed by atoms with E-state index in [0.717, 1.165) is 0 Å². The summed E-state index contributed by atoms with van der Waals surface area (Å²) in [7, 11) is 0. The van der Waals surface area contributed by atoms with Crippen LogP contribution in [0.1, 0.15) is 25.7 Å². The summed E-state index contributed by atoms with van der Waals surface area (Å²) in [5, 5.41) is 14.1. The average Bonchev–Trinajstić information content (AvgIpc) is 2.84. The number of carboxylic acid groups (broad SMARTS) is 1. The van der Waals surface area contributed by atoms with Gasteiger partial charge in [0.25, 0.3) is 0 Å². The topological polar surface area (TPSA) is 108 Å². The van der Waals surface area contributed by atoms with E-state index in [-0.39, 0.29) is 37.1 Å². The molecule has 0 aromatic carbocycles. The maximum Gasteiger partial charge on any atom is 0.317 e. The first-order valence-electron chi connectivity index (χ1n) is 7.20. The summed E-state index contributed by atoms with van der Waals surface area (Å²) in [4.78, 5) is 35.2. The second kappa shape index (κ2) is 7.26. The van der Waals surface area contributed by atoms with Crippen LogP contribution in [0.2, 0.25) is 0 Å². The van der Waals surface area contributed by atoms with Crippen molar-refractivity contribution in [3.05, 3.63) is 0 Å². The van der Waals surface area contributed by atoms with Gasteiger partial charge < -0.3 is 25.4 Å². The minimum Gasteiger partial charge on any atom is -0.481 e. The molecule has 0 saturated carbocycles. The van der Waals surface area contributed by atoms with Gasteiger partial charge in [-0.15, -0.1) is 0 Å². The predicted molar refractivity (Wildman–Crippen MR) is 72.7 cm³/mol. The highest BCUT2D eigenvalue weighted by molar-refractivity contribution is 5.81. The van der Waals surface area contributed by atoms with Crippen LogP contribution in [0, 0.1) is 0 Å². The lowest BCUT2D eigenvalue weighted by Crippen LogP contribution is -2.49. The van der Waals surface area contributed by atoms with E-state index >= 15 is 0 Å². The highest BCUT2D eigenvalue weighted by Crippen LogP contribution is 2.14. The van der Waals surface area contributed by atoms with Crippen LogP contribution in [0.5, 0.6) is 0 Å². The molecule has 2 heterocycles. The number of urea groups is 1. The van der Waals surface area contributed by atoms with Crippen molar-refractivity contribution < 1.29 is 24.2 Å². The average molecular weight is 299 g/mol. The van der Waals surface area contributed by atoms with E-state index in [1.165, 1.54) is 0 Å². The number of amides is 3. The summed E-state index contributed by atoms with van der Waals surface area (Å²) in [6, 6.07) is -0.282. The normalized spacial score (nSPS) is 23.0. The van der Waals surface area contributed by atoms with Gasteiger partial charge in [-0.05, 0) is 12.8 Å². The predicted octanol–water partition coefficient (Wildman–Crippen LogP) is -0.460. The Morgan fingerprint density at radius 1 is 1.38 bits per heavy atom. The second-order valence-corrected chi connectivity index (χ2v) is 5.36. The Morgan fingerprint density at radius 3 is 2.67 bits per heavy atom. The van der Waals surface area contributed by atoms with E-state index < -0.39 is 5.97 Å². The van der Waals surface area contributed by atoms with E-state index in [2.05, 4.69) is 10.6 Å². The quantitative estimate of drug-likeness (QED) is 0.636. The third kappa shape index (κ3) is 4.89. The molecule has 2 fully saturated rings. The Morgan fingerprint density at radius 2 is 2.10 bits per heavy atom. The third-order valence-corrected chi connectivity index (χ3v) is 3.70. The maximum absolute atomic E-state index is 12.0. The first-order valence-corrected chi connectivity index (χ1v) is 7.20. The number of carbonyl (C=O) groups excluding carboxylic acids is 2. The zero-order valence-corrected chi connectivity index (χ0v) is 11.8. The number of nitrogens with zero attached hydrogens (tertiary/aromatic N) is 1. The fraction of sp³-hybridized carbons (Fsp3) is 0.769. The first-order chi connectivity index (χ1) is 10.0. The van der Waals surface area contributed by atoms with Crippen LogP contribution < -0.4 is 10.6 Å². The molecule has 0 aromatic heterocycles. The number of likely N-dealkylation sites (tertiary alicyclic amines) is 1. The largest absolute Gasteiger partial charge is 0.481 e. The van der Waals surface area contributed by atoms with Gasteiger partial charge in [-0.3, -0.25) is 9.59 Å². The van der Waals surface area contributed by atoms with Gasteiger partial charge in [-0.2, -0.15) is 0 Å². The number of rotatable bonds is 5. The fourth-order valence-corrected chi connectivity index (χ4v) is 2.51. The molecule has 8 heteroatoms. The summed E-state index contributed by atoms with van der Waals surface area (Å²) in [6.45, 7) is 1.86. The Labute approximate surface area is 122 Å². The van der Waals surface area contributed by atoms with E-state index in [1.807, 2.05) is 0 Å². The van der Waals surface area contributed by atoms with E-state index in [0.29, 0.717) is 38.9 Å². The molecule has 2 rings (SSSR count). The standard InChI is InChI=1S/C13H21N3O5/c17-11-7-9(8-14-11)15-13(20)16-4-1-10(2-5-16)21-6-3-12(18)19/h9-10H,1-8H2,(H,14,17)(H,15,20)(H,18,19). The summed E-state index contributed by atoms with van der Waals surface area (Å²) in [5.41, 5.74) is 0. The maximum atomic E-state index is 12.0. The molecule has 0 aromatic rings. The van der Waals surface area contributed by atoms with Gasteiger partial charge in [0, 0.05) is 26.1 Å². The van der Waals surface area contributed by atoms with Gasteiger partial charge in [-0.25, -0.2) is 4.79 Å². The second-order valence-electron chi connectivity index (χ2n) is 5.36. The highest BCUT2D eigenvalue weighted by atomic mass is 16.5. The Balaban J connectivity index is 1.64. The van der Waals surface area contributed by atoms with Crippen molar-refractivity contribution in [3.8, 4) is 0 Å². The van der Waals surface area contributed by atoms with Crippen molar-refractivity contribution in [2.75, 3.05) is 26.2 Å². The number of hydrogen-bond acceptors (Lipinski definition) is 4. The smallest absolute Gasteiger partial charge is 0.317 e. The van der Waals surface area contributed by atoms with Gasteiger partial charge in [0.1, 0.15) is 0 Å². The lowest BCUT2D eigenvalue weighted by atomic mass is 10.1. The van der Waals surface area contributed by atoms with Crippen molar-refractivity contribution in [1.82, 2.24) is 15.5 Å². The summed E-state index contributed by atoms with van der Waals surface area (Å²) in [5.74, 6) is -0.905. The molecule has 3 amide bonds. The summed E-state index contributed by atoms with van der Waals surface area (Å²) >= 11 is 0. The molecule has 2 aliphatic rings. The van der Waals surface area contributed by atoms with E-state index in [9.17, 15) is 14.4 Å². The number of carboxylic acids is 1. The number of hydrogen-bond donors (Lipinski definition) is 3. The molecular formula is C13H21N3O5. The molecule has 0 spiro atoms. The van der Waals surface area contributed by atoms with Crippen molar-refractivity contribution in [1.29, 1.82) is 0 Å². The highest BCUT2D eigenvalue weighted by Gasteiger charge is 2.27. The van der Waals surface area contributed by atoms with Crippen LogP contribution in [0.4, 0.5) is 4.79 Å². The lowest BCUT2D eigenvalue weighted by molar-refractivity contribution is -0.138. The molecule has 8 nitrogen and oxygen atoms in total. The van der Waals surface area contributed by atoms with Crippen LogP contribution in [0.3, 0.4) is 0 Å². The van der Waals surface area contributed by atoms with Gasteiger partial charge in [0.05, 0.1) is 25.2 Å². The molecule has 2 aliphatic heterocycles. The zero-order valence-electron chi connectivity index (χ0n) is 11.8. The van der Waals surface area contributed by atoms with Crippen LogP contribution in [0.25, 0.3) is 0 Å². The first kappa shape index (κ1) is 15.6. The minimum absolute atomic E-state index is 0.00338. The molecule has 1 unspecified atom stereocenters. The number of aliphatic carboxylic acids is 1. The Hall–Kier alpha value is -1.83. The van der Waals surface area contributed by atoms with Crippen LogP contribution in [0.15, 0.2) is 0 Å². The van der Waals surface area contributed by atoms with Crippen LogP contribution in [-0.2, 0) is 14.3 Å². The van der Waals surface area contributed by atoms with Crippen molar-refractivity contribution >= 4 is 17.9 Å². The number of nitrogens with one attached hydrogen (secondary N) is 2. The van der Waals surface area contributed by atoms with Gasteiger partial charge in [-0.1, -0.05) is 0 Å². The Kier molecular flexibility index (Phi) is 5.38.